The molecule has 154 valence electrons. The van der Waals surface area contributed by atoms with E-state index in [1.165, 1.54) is 11.3 Å². The third-order valence-corrected chi connectivity index (χ3v) is 7.43. The highest BCUT2D eigenvalue weighted by atomic mass is 32.2. The Labute approximate surface area is 180 Å². The van der Waals surface area contributed by atoms with Gasteiger partial charge < -0.3 is 0 Å². The van der Waals surface area contributed by atoms with Crippen LogP contribution >= 0.6 is 11.3 Å². The highest BCUT2D eigenvalue weighted by molar-refractivity contribution is 7.89. The van der Waals surface area contributed by atoms with Crippen molar-refractivity contribution in [1.29, 1.82) is 0 Å². The molecule has 2 heterocycles. The minimum absolute atomic E-state index is 0.330. The molecule has 1 aliphatic heterocycles. The van der Waals surface area contributed by atoms with Gasteiger partial charge in [0.25, 0.3) is 0 Å². The monoisotopic (exact) mass is 438 g/mol. The quantitative estimate of drug-likeness (QED) is 0.428. The predicted octanol–water partition coefficient (Wildman–Crippen LogP) is 4.71. The second kappa shape index (κ2) is 9.34. The van der Waals surface area contributed by atoms with Crippen LogP contribution < -0.4 is 5.43 Å². The predicted molar refractivity (Wildman–Crippen MR) is 123 cm³/mol. The van der Waals surface area contributed by atoms with Crippen molar-refractivity contribution in [2.45, 2.75) is 17.7 Å². The zero-order chi connectivity index (χ0) is 20.8. The lowest BCUT2D eigenvalue weighted by molar-refractivity contribution is 0.477. The van der Waals surface area contributed by atoms with Gasteiger partial charge in [-0.3, -0.25) is 5.43 Å². The second-order valence-electron chi connectivity index (χ2n) is 6.83. The average molecular weight is 439 g/mol. The molecule has 1 aliphatic rings. The Morgan fingerprint density at radius 3 is 2.50 bits per heavy atom. The van der Waals surface area contributed by atoms with Gasteiger partial charge in [-0.15, -0.1) is 11.3 Å². The topological polar surface area (TPSA) is 74.7 Å². The maximum absolute atomic E-state index is 12.6. The number of aromatic nitrogens is 1. The minimum atomic E-state index is -3.39. The summed E-state index contributed by atoms with van der Waals surface area (Å²) in [4.78, 5) is 4.85. The van der Waals surface area contributed by atoms with Gasteiger partial charge in [0, 0.05) is 30.2 Å². The van der Waals surface area contributed by atoms with E-state index in [4.69, 9.17) is 0 Å². The molecule has 30 heavy (non-hydrogen) atoms. The van der Waals surface area contributed by atoms with Gasteiger partial charge in [0.2, 0.25) is 15.2 Å². The van der Waals surface area contributed by atoms with Crippen LogP contribution in [0, 0.1) is 0 Å². The van der Waals surface area contributed by atoms with Crippen LogP contribution in [0.5, 0.6) is 0 Å². The SMILES string of the molecule is O=S(=O)(c1ccc(-c2csc(NN=CC=Cc3ccccc3)n2)cc1)N1CCCC1. The summed E-state index contributed by atoms with van der Waals surface area (Å²) >= 11 is 1.44. The highest BCUT2D eigenvalue weighted by Crippen LogP contribution is 2.27. The molecule has 2 aromatic carbocycles. The molecule has 3 aromatic rings. The summed E-state index contributed by atoms with van der Waals surface area (Å²) in [6, 6.07) is 16.9. The number of nitrogens with one attached hydrogen (secondary N) is 1. The first kappa shape index (κ1) is 20.5. The van der Waals surface area contributed by atoms with Crippen LogP contribution in [0.4, 0.5) is 5.13 Å². The van der Waals surface area contributed by atoms with E-state index < -0.39 is 10.0 Å². The number of hydrogen-bond acceptors (Lipinski definition) is 6. The Balaban J connectivity index is 1.38. The standard InChI is InChI=1S/C22H22N4O2S2/c27-30(28,26-15-4-5-16-26)20-12-10-19(11-13-20)21-17-29-22(24-21)25-23-14-6-9-18-7-2-1-3-8-18/h1-3,6-14,17H,4-5,15-16H2,(H,24,25). The number of benzene rings is 2. The molecule has 0 radical (unpaired) electrons. The van der Waals surface area contributed by atoms with E-state index in [9.17, 15) is 8.42 Å². The summed E-state index contributed by atoms with van der Waals surface area (Å²) in [6.07, 6.45) is 7.35. The molecule has 6 nitrogen and oxygen atoms in total. The van der Waals surface area contributed by atoms with Crippen molar-refractivity contribution in [1.82, 2.24) is 9.29 Å². The third kappa shape index (κ3) is 4.84. The van der Waals surface area contributed by atoms with Crippen LogP contribution in [-0.4, -0.2) is 37.0 Å². The van der Waals surface area contributed by atoms with Gasteiger partial charge in [-0.05, 0) is 36.6 Å². The molecule has 8 heteroatoms. The zero-order valence-corrected chi connectivity index (χ0v) is 17.9. The molecule has 1 saturated heterocycles. The molecular weight excluding hydrogens is 416 g/mol. The van der Waals surface area contributed by atoms with Crippen LogP contribution in [-0.2, 0) is 10.0 Å². The number of nitrogens with zero attached hydrogens (tertiary/aromatic N) is 3. The summed E-state index contributed by atoms with van der Waals surface area (Å²) in [7, 11) is -3.39. The van der Waals surface area contributed by atoms with Gasteiger partial charge in [0.05, 0.1) is 10.6 Å². The van der Waals surface area contributed by atoms with Crippen molar-refractivity contribution in [2.75, 3.05) is 18.5 Å². The van der Waals surface area contributed by atoms with E-state index in [1.54, 1.807) is 34.8 Å². The molecule has 1 N–H and O–H groups in total. The first-order valence-electron chi connectivity index (χ1n) is 9.70. The number of anilines is 1. The van der Waals surface area contributed by atoms with E-state index in [1.807, 2.05) is 47.9 Å². The Morgan fingerprint density at radius 2 is 1.77 bits per heavy atom. The Kier molecular flexibility index (Phi) is 6.37. The molecule has 0 atom stereocenters. The first-order valence-corrected chi connectivity index (χ1v) is 12.0. The molecule has 0 amide bonds. The van der Waals surface area contributed by atoms with Gasteiger partial charge in [-0.25, -0.2) is 13.4 Å². The van der Waals surface area contributed by atoms with Crippen molar-refractivity contribution >= 4 is 38.8 Å². The molecule has 0 spiro atoms. The maximum Gasteiger partial charge on any atom is 0.243 e. The average Bonchev–Trinajstić information content (AvgIpc) is 3.47. The zero-order valence-electron chi connectivity index (χ0n) is 16.3. The number of thiazole rings is 1. The minimum Gasteiger partial charge on any atom is -0.253 e. The van der Waals surface area contributed by atoms with E-state index in [0.717, 1.165) is 29.7 Å². The lowest BCUT2D eigenvalue weighted by Crippen LogP contribution is -2.27. The third-order valence-electron chi connectivity index (χ3n) is 4.77. The van der Waals surface area contributed by atoms with Crippen molar-refractivity contribution in [2.24, 2.45) is 5.10 Å². The van der Waals surface area contributed by atoms with Crippen LogP contribution in [0.3, 0.4) is 0 Å². The number of hydrazone groups is 1. The van der Waals surface area contributed by atoms with Crippen LogP contribution in [0.1, 0.15) is 18.4 Å². The molecule has 0 unspecified atom stereocenters. The Hall–Kier alpha value is -2.81. The lowest BCUT2D eigenvalue weighted by Gasteiger charge is -2.15. The summed E-state index contributed by atoms with van der Waals surface area (Å²) in [6.45, 7) is 1.21. The number of hydrogen-bond donors (Lipinski definition) is 1. The first-order chi connectivity index (χ1) is 14.6. The molecule has 0 bridgehead atoms. The normalized spacial score (nSPS) is 15.3. The maximum atomic E-state index is 12.6. The molecular formula is C22H22N4O2S2. The van der Waals surface area contributed by atoms with E-state index in [-0.39, 0.29) is 0 Å². The Bertz CT molecular complexity index is 1130. The van der Waals surface area contributed by atoms with E-state index >= 15 is 0 Å². The van der Waals surface area contributed by atoms with Gasteiger partial charge >= 0.3 is 0 Å². The van der Waals surface area contributed by atoms with Crippen LogP contribution in [0.25, 0.3) is 17.3 Å². The van der Waals surface area contributed by atoms with Crippen LogP contribution in [0.2, 0.25) is 0 Å². The largest absolute Gasteiger partial charge is 0.253 e. The van der Waals surface area contributed by atoms with Crippen molar-refractivity contribution < 1.29 is 8.42 Å². The summed E-state index contributed by atoms with van der Waals surface area (Å²) < 4.78 is 26.8. The molecule has 4 rings (SSSR count). The number of sulfonamides is 1. The lowest BCUT2D eigenvalue weighted by atomic mass is 10.2. The van der Waals surface area contributed by atoms with Crippen LogP contribution in [0.15, 0.2) is 76.1 Å². The van der Waals surface area contributed by atoms with E-state index in [0.29, 0.717) is 23.1 Å². The smallest absolute Gasteiger partial charge is 0.243 e. The highest BCUT2D eigenvalue weighted by Gasteiger charge is 2.26. The fourth-order valence-electron chi connectivity index (χ4n) is 3.19. The fourth-order valence-corrected chi connectivity index (χ4v) is 5.37. The summed E-state index contributed by atoms with van der Waals surface area (Å²) in [5, 5.41) is 6.74. The number of rotatable bonds is 7. The summed E-state index contributed by atoms with van der Waals surface area (Å²) in [5.74, 6) is 0. The number of allylic oxidation sites excluding steroid dienone is 1. The van der Waals surface area contributed by atoms with Crippen molar-refractivity contribution in [3.63, 3.8) is 0 Å². The van der Waals surface area contributed by atoms with Gasteiger partial charge in [0.1, 0.15) is 0 Å². The summed E-state index contributed by atoms with van der Waals surface area (Å²) in [5.41, 5.74) is 5.67. The molecule has 1 aromatic heterocycles. The molecule has 0 saturated carbocycles. The molecule has 0 aliphatic carbocycles. The van der Waals surface area contributed by atoms with Crippen molar-refractivity contribution in [3.8, 4) is 11.3 Å². The van der Waals surface area contributed by atoms with Gasteiger partial charge in [-0.1, -0.05) is 48.5 Å². The van der Waals surface area contributed by atoms with Gasteiger partial charge in [-0.2, -0.15) is 9.41 Å². The van der Waals surface area contributed by atoms with E-state index in [2.05, 4.69) is 15.5 Å². The van der Waals surface area contributed by atoms with Gasteiger partial charge in [0.15, 0.2) is 0 Å². The molecule has 1 fully saturated rings. The Morgan fingerprint density at radius 1 is 1.03 bits per heavy atom. The fraction of sp³-hybridized carbons (Fsp3) is 0.182. The van der Waals surface area contributed by atoms with Crippen molar-refractivity contribution in [3.05, 3.63) is 71.6 Å². The second-order valence-corrected chi connectivity index (χ2v) is 9.63.